The normalized spacial score (nSPS) is 26.5. The third-order valence-corrected chi connectivity index (χ3v) is 6.62. The predicted octanol–water partition coefficient (Wildman–Crippen LogP) is 2.00. The maximum absolute atomic E-state index is 13.1. The highest BCUT2D eigenvalue weighted by atomic mass is 16.5. The van der Waals surface area contributed by atoms with Crippen LogP contribution in [0.15, 0.2) is 17.1 Å². The number of methoxy groups -OCH3 is 1. The number of ether oxygens (including phenoxy) is 1. The van der Waals surface area contributed by atoms with Gasteiger partial charge >= 0.3 is 0 Å². The van der Waals surface area contributed by atoms with Crippen molar-refractivity contribution < 1.29 is 9.53 Å². The summed E-state index contributed by atoms with van der Waals surface area (Å²) < 4.78 is 7.07. The zero-order valence-corrected chi connectivity index (χ0v) is 17.2. The molecule has 6 nitrogen and oxygen atoms in total. The topological polar surface area (TPSA) is 54.8 Å². The first-order chi connectivity index (χ1) is 12.9. The molecule has 1 spiro atoms. The Labute approximate surface area is 162 Å². The van der Waals surface area contributed by atoms with Gasteiger partial charge < -0.3 is 19.1 Å². The zero-order valence-electron chi connectivity index (χ0n) is 17.2. The van der Waals surface area contributed by atoms with Crippen LogP contribution in [0.3, 0.4) is 0 Å². The molecule has 150 valence electrons. The second-order valence-corrected chi connectivity index (χ2v) is 8.48. The minimum absolute atomic E-state index is 0.128. The number of aryl methyl sites for hydroxylation is 1. The molecule has 3 rings (SSSR count). The maximum atomic E-state index is 13.1. The van der Waals surface area contributed by atoms with Crippen LogP contribution < -0.4 is 5.43 Å². The molecule has 3 heterocycles. The number of aromatic nitrogens is 1. The Morgan fingerprint density at radius 1 is 1.33 bits per heavy atom. The van der Waals surface area contributed by atoms with E-state index in [-0.39, 0.29) is 16.9 Å². The largest absolute Gasteiger partial charge is 0.383 e. The number of carbonyl (C=O) groups excluding carboxylic acids is 1. The number of pyridine rings is 1. The number of amides is 1. The van der Waals surface area contributed by atoms with E-state index in [0.717, 1.165) is 31.7 Å². The van der Waals surface area contributed by atoms with E-state index in [1.54, 1.807) is 19.4 Å². The lowest BCUT2D eigenvalue weighted by molar-refractivity contribution is -0.00883. The fourth-order valence-corrected chi connectivity index (χ4v) is 4.84. The number of nitrogens with zero attached hydrogens (tertiary/aromatic N) is 3. The van der Waals surface area contributed by atoms with Gasteiger partial charge in [-0.05, 0) is 51.1 Å². The molecule has 0 N–H and O–H groups in total. The van der Waals surface area contributed by atoms with Gasteiger partial charge in [-0.2, -0.15) is 0 Å². The molecule has 1 aromatic rings. The molecule has 2 unspecified atom stereocenters. The first kappa shape index (κ1) is 20.1. The summed E-state index contributed by atoms with van der Waals surface area (Å²) in [6.45, 7) is 9.09. The van der Waals surface area contributed by atoms with E-state index in [1.807, 2.05) is 16.4 Å². The number of likely N-dealkylation sites (tertiary alicyclic amines) is 2. The molecule has 2 fully saturated rings. The van der Waals surface area contributed by atoms with Gasteiger partial charge in [-0.1, -0.05) is 6.92 Å². The predicted molar refractivity (Wildman–Crippen MR) is 106 cm³/mol. The average molecular weight is 376 g/mol. The van der Waals surface area contributed by atoms with Crippen molar-refractivity contribution >= 4 is 5.91 Å². The highest BCUT2D eigenvalue weighted by molar-refractivity contribution is 5.94. The van der Waals surface area contributed by atoms with E-state index in [2.05, 4.69) is 18.9 Å². The van der Waals surface area contributed by atoms with Crippen LogP contribution in [0.25, 0.3) is 0 Å². The standard InChI is InChI=1S/C21H33N3O3/c1-16-13-24(9-7-21(16)6-5-8-22(3)15-21)20(26)18-14-23(10-11-27-4)17(2)12-19(18)25/h12,14,16H,5-11,13,15H2,1-4H3. The number of carbonyl (C=O) groups is 1. The number of rotatable bonds is 4. The van der Waals surface area contributed by atoms with Crippen molar-refractivity contribution in [3.63, 3.8) is 0 Å². The van der Waals surface area contributed by atoms with Crippen LogP contribution in [-0.2, 0) is 11.3 Å². The van der Waals surface area contributed by atoms with Crippen molar-refractivity contribution in [1.29, 1.82) is 0 Å². The second kappa shape index (κ2) is 8.15. The Hall–Kier alpha value is -1.66. The summed E-state index contributed by atoms with van der Waals surface area (Å²) in [4.78, 5) is 29.9. The van der Waals surface area contributed by atoms with Crippen molar-refractivity contribution in [2.75, 3.05) is 46.9 Å². The van der Waals surface area contributed by atoms with Crippen LogP contribution >= 0.6 is 0 Å². The highest BCUT2D eigenvalue weighted by Gasteiger charge is 2.43. The van der Waals surface area contributed by atoms with E-state index < -0.39 is 0 Å². The van der Waals surface area contributed by atoms with Crippen molar-refractivity contribution in [3.8, 4) is 0 Å². The minimum Gasteiger partial charge on any atom is -0.383 e. The maximum Gasteiger partial charge on any atom is 0.259 e. The Morgan fingerprint density at radius 2 is 2.11 bits per heavy atom. The van der Waals surface area contributed by atoms with E-state index >= 15 is 0 Å². The van der Waals surface area contributed by atoms with Crippen LogP contribution in [0.4, 0.5) is 0 Å². The van der Waals surface area contributed by atoms with E-state index in [9.17, 15) is 9.59 Å². The molecule has 0 aliphatic carbocycles. The molecule has 0 saturated carbocycles. The molecule has 0 bridgehead atoms. The van der Waals surface area contributed by atoms with Crippen LogP contribution in [0.1, 0.15) is 42.2 Å². The van der Waals surface area contributed by atoms with Gasteiger partial charge in [0.2, 0.25) is 0 Å². The molecule has 27 heavy (non-hydrogen) atoms. The van der Waals surface area contributed by atoms with E-state index in [4.69, 9.17) is 4.74 Å². The van der Waals surface area contributed by atoms with Crippen molar-refractivity contribution in [3.05, 3.63) is 33.7 Å². The molecule has 1 amide bonds. The smallest absolute Gasteiger partial charge is 0.259 e. The second-order valence-electron chi connectivity index (χ2n) is 8.48. The zero-order chi connectivity index (χ0) is 19.6. The molecule has 2 aliphatic heterocycles. The fraction of sp³-hybridized carbons (Fsp3) is 0.714. The molecule has 6 heteroatoms. The fourth-order valence-electron chi connectivity index (χ4n) is 4.84. The van der Waals surface area contributed by atoms with Gasteiger partial charge in [0.1, 0.15) is 5.56 Å². The Morgan fingerprint density at radius 3 is 2.78 bits per heavy atom. The lowest BCUT2D eigenvalue weighted by Gasteiger charge is -2.51. The van der Waals surface area contributed by atoms with Crippen LogP contribution in [0, 0.1) is 18.3 Å². The third kappa shape index (κ3) is 4.11. The summed E-state index contributed by atoms with van der Waals surface area (Å²) in [5, 5.41) is 0. The van der Waals surface area contributed by atoms with E-state index in [0.29, 0.717) is 24.5 Å². The Kier molecular flexibility index (Phi) is 6.06. The van der Waals surface area contributed by atoms with Crippen LogP contribution in [0.5, 0.6) is 0 Å². The van der Waals surface area contributed by atoms with Gasteiger partial charge in [-0.15, -0.1) is 0 Å². The quantitative estimate of drug-likeness (QED) is 0.808. The molecule has 0 aromatic carbocycles. The summed E-state index contributed by atoms with van der Waals surface area (Å²) in [5.41, 5.74) is 1.26. The van der Waals surface area contributed by atoms with Gasteiger partial charge in [0.15, 0.2) is 5.43 Å². The average Bonchev–Trinajstić information content (AvgIpc) is 2.63. The lowest BCUT2D eigenvalue weighted by atomic mass is 9.66. The first-order valence-electron chi connectivity index (χ1n) is 10.0. The number of hydrogen-bond donors (Lipinski definition) is 0. The van der Waals surface area contributed by atoms with Crippen molar-refractivity contribution in [2.24, 2.45) is 11.3 Å². The summed E-state index contributed by atoms with van der Waals surface area (Å²) in [7, 11) is 3.84. The van der Waals surface area contributed by atoms with Gasteiger partial charge in [-0.3, -0.25) is 9.59 Å². The number of hydrogen-bond acceptors (Lipinski definition) is 4. The van der Waals surface area contributed by atoms with Gasteiger partial charge in [-0.25, -0.2) is 0 Å². The third-order valence-electron chi connectivity index (χ3n) is 6.62. The Bertz CT molecular complexity index is 745. The van der Waals surface area contributed by atoms with E-state index in [1.165, 1.54) is 19.4 Å². The summed E-state index contributed by atoms with van der Waals surface area (Å²) in [5.74, 6) is 0.316. The molecular weight excluding hydrogens is 342 g/mol. The number of piperidine rings is 2. The summed E-state index contributed by atoms with van der Waals surface area (Å²) in [6.07, 6.45) is 5.21. The molecule has 2 atom stereocenters. The highest BCUT2D eigenvalue weighted by Crippen LogP contribution is 2.43. The lowest BCUT2D eigenvalue weighted by Crippen LogP contribution is -2.54. The molecule has 2 aliphatic rings. The summed E-state index contributed by atoms with van der Waals surface area (Å²) >= 11 is 0. The molecule has 1 aromatic heterocycles. The monoisotopic (exact) mass is 375 g/mol. The van der Waals surface area contributed by atoms with Gasteiger partial charge in [0.05, 0.1) is 6.61 Å². The van der Waals surface area contributed by atoms with Crippen LogP contribution in [0.2, 0.25) is 0 Å². The van der Waals surface area contributed by atoms with Gasteiger partial charge in [0, 0.05) is 51.2 Å². The molecule has 0 radical (unpaired) electrons. The van der Waals surface area contributed by atoms with Crippen LogP contribution in [-0.4, -0.2) is 67.2 Å². The molecular formula is C21H33N3O3. The SMILES string of the molecule is COCCn1cc(C(=O)N2CCC3(CCCN(C)C3)C(C)C2)c(=O)cc1C. The van der Waals surface area contributed by atoms with Gasteiger partial charge in [0.25, 0.3) is 5.91 Å². The van der Waals surface area contributed by atoms with Crippen molar-refractivity contribution in [2.45, 2.75) is 39.7 Å². The minimum atomic E-state index is -0.184. The molecule has 2 saturated heterocycles. The summed E-state index contributed by atoms with van der Waals surface area (Å²) in [6, 6.07) is 1.56. The van der Waals surface area contributed by atoms with Crippen molar-refractivity contribution in [1.82, 2.24) is 14.4 Å². The Balaban J connectivity index is 1.76. The first-order valence-corrected chi connectivity index (χ1v) is 10.0.